The van der Waals surface area contributed by atoms with Crippen LogP contribution in [0.25, 0.3) is 28.7 Å². The number of aliphatic hydroxyl groups excluding tert-OH is 1. The first-order valence-corrected chi connectivity index (χ1v) is 10.9. The normalized spacial score (nSPS) is 11.3. The molecule has 0 aliphatic carbocycles. The first-order valence-electron chi connectivity index (χ1n) is 10.9. The van der Waals surface area contributed by atoms with Crippen molar-refractivity contribution in [1.29, 1.82) is 0 Å². The molecule has 1 aromatic heterocycles. The van der Waals surface area contributed by atoms with Crippen LogP contribution in [0.2, 0.25) is 0 Å². The zero-order chi connectivity index (χ0) is 24.2. The molecule has 34 heavy (non-hydrogen) atoms. The molecule has 0 saturated heterocycles. The second-order valence-corrected chi connectivity index (χ2v) is 7.84. The quantitative estimate of drug-likeness (QED) is 0.430. The third kappa shape index (κ3) is 4.38. The number of rotatable bonds is 7. The molecule has 4 rings (SSSR count). The van der Waals surface area contributed by atoms with Gasteiger partial charge in [-0.3, -0.25) is 9.36 Å². The zero-order valence-electron chi connectivity index (χ0n) is 19.3. The first-order chi connectivity index (χ1) is 16.4. The summed E-state index contributed by atoms with van der Waals surface area (Å²) in [5.74, 6) is 1.40. The minimum atomic E-state index is -0.199. The van der Waals surface area contributed by atoms with Crippen LogP contribution in [0.4, 0.5) is 0 Å². The van der Waals surface area contributed by atoms with Crippen LogP contribution in [0.15, 0.2) is 59.4 Å². The van der Waals surface area contributed by atoms with Crippen molar-refractivity contribution in [2.75, 3.05) is 20.3 Å². The summed E-state index contributed by atoms with van der Waals surface area (Å²) in [6, 6.07) is 16.1. The lowest BCUT2D eigenvalue weighted by Gasteiger charge is -2.18. The van der Waals surface area contributed by atoms with Crippen molar-refractivity contribution in [3.8, 4) is 22.9 Å². The van der Waals surface area contributed by atoms with E-state index in [0.717, 1.165) is 11.1 Å². The average molecular weight is 459 g/mol. The molecule has 0 spiro atoms. The molecule has 7 heteroatoms. The largest absolute Gasteiger partial charge is 0.504 e. The van der Waals surface area contributed by atoms with Crippen molar-refractivity contribution < 1.29 is 19.7 Å². The maximum Gasteiger partial charge on any atom is 0.266 e. The highest BCUT2D eigenvalue weighted by atomic mass is 16.5. The number of aliphatic hydroxyl groups is 1. The molecule has 7 nitrogen and oxygen atoms in total. The highest BCUT2D eigenvalue weighted by molar-refractivity contribution is 5.81. The van der Waals surface area contributed by atoms with Gasteiger partial charge in [-0.25, -0.2) is 4.98 Å². The van der Waals surface area contributed by atoms with Gasteiger partial charge in [0.25, 0.3) is 5.56 Å². The Labute approximate surface area is 197 Å². The van der Waals surface area contributed by atoms with E-state index in [9.17, 15) is 9.90 Å². The number of nitrogens with zero attached hydrogens (tertiary/aromatic N) is 2. The minimum Gasteiger partial charge on any atom is -0.504 e. The molecule has 0 amide bonds. The fourth-order valence-corrected chi connectivity index (χ4v) is 4.00. The van der Waals surface area contributed by atoms with Crippen molar-refractivity contribution in [3.63, 3.8) is 0 Å². The molecule has 2 N–H and O–H groups in total. The SMILES string of the molecule is COc1cccc(/C=C/c2nc3ccccc3c(=O)n2-c2c(C)cc(OCCO)cc2C)c1O. The van der Waals surface area contributed by atoms with E-state index in [1.165, 1.54) is 7.11 Å². The van der Waals surface area contributed by atoms with Crippen molar-refractivity contribution >= 4 is 23.1 Å². The van der Waals surface area contributed by atoms with E-state index in [1.807, 2.05) is 38.1 Å². The third-order valence-electron chi connectivity index (χ3n) is 5.51. The molecule has 0 atom stereocenters. The summed E-state index contributed by atoms with van der Waals surface area (Å²) in [4.78, 5) is 18.4. The standard InChI is InChI=1S/C27H26N2O5/c1-17-15-20(34-14-13-30)16-18(2)25(17)29-24(28-22-9-5-4-8-21(22)27(29)32)12-11-19-7-6-10-23(33-3)26(19)31/h4-12,15-16,30-31H,13-14H2,1-3H3/b12-11+. The number of benzene rings is 3. The maximum atomic E-state index is 13.6. The summed E-state index contributed by atoms with van der Waals surface area (Å²) < 4.78 is 12.3. The number of aromatic hydroxyl groups is 1. The van der Waals surface area contributed by atoms with E-state index < -0.39 is 0 Å². The topological polar surface area (TPSA) is 93.8 Å². The molecule has 0 radical (unpaired) electrons. The van der Waals surface area contributed by atoms with Crippen molar-refractivity contribution in [2.45, 2.75) is 13.8 Å². The fraction of sp³-hybridized carbons (Fsp3) is 0.185. The highest BCUT2D eigenvalue weighted by Gasteiger charge is 2.16. The number of aryl methyl sites for hydroxylation is 2. The molecular weight excluding hydrogens is 432 g/mol. The third-order valence-corrected chi connectivity index (χ3v) is 5.51. The molecule has 0 saturated carbocycles. The summed E-state index contributed by atoms with van der Waals surface area (Å²) in [7, 11) is 1.49. The van der Waals surface area contributed by atoms with Gasteiger partial charge in [-0.15, -0.1) is 0 Å². The molecule has 0 unspecified atom stereocenters. The van der Waals surface area contributed by atoms with Crippen LogP contribution in [-0.4, -0.2) is 40.1 Å². The Morgan fingerprint density at radius 3 is 2.47 bits per heavy atom. The second kappa shape index (κ2) is 9.80. The van der Waals surface area contributed by atoms with Gasteiger partial charge in [-0.1, -0.05) is 24.3 Å². The summed E-state index contributed by atoms with van der Waals surface area (Å²) in [5.41, 5.74) is 3.27. The molecule has 0 aliphatic rings. The summed E-state index contributed by atoms with van der Waals surface area (Å²) in [6.07, 6.45) is 3.41. The van der Waals surface area contributed by atoms with Gasteiger partial charge in [0.15, 0.2) is 11.5 Å². The van der Waals surface area contributed by atoms with Gasteiger partial charge in [-0.2, -0.15) is 0 Å². The number of methoxy groups -OCH3 is 1. The minimum absolute atomic E-state index is 0.00804. The van der Waals surface area contributed by atoms with Crippen LogP contribution in [0.3, 0.4) is 0 Å². The Morgan fingerprint density at radius 2 is 1.76 bits per heavy atom. The van der Waals surface area contributed by atoms with Gasteiger partial charge in [0.1, 0.15) is 18.2 Å². The van der Waals surface area contributed by atoms with Crippen LogP contribution in [0, 0.1) is 13.8 Å². The summed E-state index contributed by atoms with van der Waals surface area (Å²) in [6.45, 7) is 3.90. The molecule has 4 aromatic rings. The zero-order valence-corrected chi connectivity index (χ0v) is 19.3. The number of phenols is 1. The summed E-state index contributed by atoms with van der Waals surface area (Å²) >= 11 is 0. The van der Waals surface area contributed by atoms with E-state index >= 15 is 0 Å². The monoisotopic (exact) mass is 458 g/mol. The van der Waals surface area contributed by atoms with Gasteiger partial charge in [-0.05, 0) is 67.5 Å². The van der Waals surface area contributed by atoms with Crippen LogP contribution in [-0.2, 0) is 0 Å². The predicted octanol–water partition coefficient (Wildman–Crippen LogP) is 4.26. The molecule has 174 valence electrons. The van der Waals surface area contributed by atoms with E-state index in [1.54, 1.807) is 47.1 Å². The van der Waals surface area contributed by atoms with Crippen LogP contribution in [0.1, 0.15) is 22.5 Å². The van der Waals surface area contributed by atoms with Gasteiger partial charge in [0, 0.05) is 5.56 Å². The van der Waals surface area contributed by atoms with Crippen LogP contribution >= 0.6 is 0 Å². The van der Waals surface area contributed by atoms with Crippen molar-refractivity contribution in [2.24, 2.45) is 0 Å². The fourth-order valence-electron chi connectivity index (χ4n) is 4.00. The predicted molar refractivity (Wildman–Crippen MR) is 133 cm³/mol. The van der Waals surface area contributed by atoms with Gasteiger partial charge in [0.05, 0.1) is 30.3 Å². The average Bonchev–Trinajstić information content (AvgIpc) is 2.83. The van der Waals surface area contributed by atoms with Gasteiger partial charge in [0.2, 0.25) is 0 Å². The Balaban J connectivity index is 1.93. The van der Waals surface area contributed by atoms with E-state index in [0.29, 0.717) is 39.5 Å². The number of ether oxygens (including phenoxy) is 2. The number of aromatic nitrogens is 2. The number of phenolic OH excluding ortho intramolecular Hbond substituents is 1. The number of hydrogen-bond donors (Lipinski definition) is 2. The molecular formula is C27H26N2O5. The van der Waals surface area contributed by atoms with Crippen molar-refractivity contribution in [3.05, 3.63) is 87.5 Å². The van der Waals surface area contributed by atoms with Crippen molar-refractivity contribution in [1.82, 2.24) is 9.55 Å². The maximum absolute atomic E-state index is 13.6. The van der Waals surface area contributed by atoms with E-state index in [2.05, 4.69) is 0 Å². The lowest BCUT2D eigenvalue weighted by Crippen LogP contribution is -2.24. The van der Waals surface area contributed by atoms with E-state index in [-0.39, 0.29) is 24.5 Å². The molecule has 0 aliphatic heterocycles. The number of para-hydroxylation sites is 2. The van der Waals surface area contributed by atoms with Crippen LogP contribution in [0.5, 0.6) is 17.2 Å². The van der Waals surface area contributed by atoms with Gasteiger partial charge < -0.3 is 19.7 Å². The highest BCUT2D eigenvalue weighted by Crippen LogP contribution is 2.31. The number of hydrogen-bond acceptors (Lipinski definition) is 6. The molecule has 1 heterocycles. The molecule has 0 fully saturated rings. The first kappa shape index (κ1) is 23.1. The lowest BCUT2D eigenvalue weighted by atomic mass is 10.1. The molecule has 0 bridgehead atoms. The Kier molecular flexibility index (Phi) is 6.65. The second-order valence-electron chi connectivity index (χ2n) is 7.84. The van der Waals surface area contributed by atoms with E-state index in [4.69, 9.17) is 19.6 Å². The molecule has 3 aromatic carbocycles. The van der Waals surface area contributed by atoms with Crippen LogP contribution < -0.4 is 15.0 Å². The lowest BCUT2D eigenvalue weighted by molar-refractivity contribution is 0.201. The number of fused-ring (bicyclic) bond motifs is 1. The summed E-state index contributed by atoms with van der Waals surface area (Å²) in [5, 5.41) is 20.0. The Bertz CT molecular complexity index is 1420. The Hall–Kier alpha value is -4.10. The Morgan fingerprint density at radius 1 is 1.03 bits per heavy atom. The van der Waals surface area contributed by atoms with Gasteiger partial charge >= 0.3 is 0 Å². The smallest absolute Gasteiger partial charge is 0.266 e.